The number of phenols is 1. The third kappa shape index (κ3) is 5.95. The number of halogens is 1. The van der Waals surface area contributed by atoms with Crippen LogP contribution < -0.4 is 10.2 Å². The standard InChI is InChI=1S/C27H29ClN4O4/c1-18(2)31-11-13-32(14-12-31)26(34)17-36-25-10-8-20(21-5-3-4-6-22(21)25)16-29-30-27(35)19-7-9-24(33)23(28)15-19/h3-10,15-16,18,33H,11-14,17H2,1-2H3,(H,30,35)/b29-16+. The number of hydrazone groups is 1. The Morgan fingerprint density at radius 1 is 1.08 bits per heavy atom. The van der Waals surface area contributed by atoms with Crippen LogP contribution in [0.25, 0.3) is 10.8 Å². The van der Waals surface area contributed by atoms with Crippen molar-refractivity contribution in [1.82, 2.24) is 15.2 Å². The van der Waals surface area contributed by atoms with E-state index in [1.54, 1.807) is 12.3 Å². The van der Waals surface area contributed by atoms with Gasteiger partial charge in [0, 0.05) is 48.7 Å². The summed E-state index contributed by atoms with van der Waals surface area (Å²) in [7, 11) is 0. The zero-order chi connectivity index (χ0) is 25.7. The molecule has 0 bridgehead atoms. The summed E-state index contributed by atoms with van der Waals surface area (Å²) in [5.41, 5.74) is 3.52. The summed E-state index contributed by atoms with van der Waals surface area (Å²) in [6.07, 6.45) is 1.55. The van der Waals surface area contributed by atoms with E-state index in [0.29, 0.717) is 24.9 Å². The van der Waals surface area contributed by atoms with E-state index in [9.17, 15) is 14.7 Å². The van der Waals surface area contributed by atoms with Crippen LogP contribution in [0.3, 0.4) is 0 Å². The average Bonchev–Trinajstić information content (AvgIpc) is 2.89. The SMILES string of the molecule is CC(C)N1CCN(C(=O)COc2ccc(/C=N/NC(=O)c3ccc(O)c(Cl)c3)c3ccccc23)CC1. The van der Waals surface area contributed by atoms with Crippen molar-refractivity contribution in [2.45, 2.75) is 19.9 Å². The molecule has 0 spiro atoms. The summed E-state index contributed by atoms with van der Waals surface area (Å²) in [4.78, 5) is 29.2. The van der Waals surface area contributed by atoms with Gasteiger partial charge in [0.15, 0.2) is 6.61 Å². The second-order valence-corrected chi connectivity index (χ2v) is 9.27. The molecule has 1 saturated heterocycles. The third-order valence-electron chi connectivity index (χ3n) is 6.25. The maximum absolute atomic E-state index is 12.7. The molecule has 36 heavy (non-hydrogen) atoms. The molecule has 1 aliphatic rings. The quantitative estimate of drug-likeness (QED) is 0.373. The number of amides is 2. The van der Waals surface area contributed by atoms with Crippen LogP contribution in [0.5, 0.6) is 11.5 Å². The topological polar surface area (TPSA) is 94.5 Å². The van der Waals surface area contributed by atoms with Gasteiger partial charge in [-0.2, -0.15) is 5.10 Å². The van der Waals surface area contributed by atoms with Crippen molar-refractivity contribution in [3.8, 4) is 11.5 Å². The second kappa shape index (κ2) is 11.4. The molecule has 9 heteroatoms. The number of phenolic OH excluding ortho intramolecular Hbond substituents is 1. The number of rotatable bonds is 7. The zero-order valence-corrected chi connectivity index (χ0v) is 21.0. The lowest BCUT2D eigenvalue weighted by molar-refractivity contribution is -0.135. The molecule has 0 aliphatic carbocycles. The van der Waals surface area contributed by atoms with E-state index in [1.807, 2.05) is 35.2 Å². The van der Waals surface area contributed by atoms with E-state index in [2.05, 4.69) is 29.3 Å². The number of ether oxygens (including phenoxy) is 1. The number of aromatic hydroxyl groups is 1. The second-order valence-electron chi connectivity index (χ2n) is 8.86. The highest BCUT2D eigenvalue weighted by molar-refractivity contribution is 6.32. The summed E-state index contributed by atoms with van der Waals surface area (Å²) in [5.74, 6) is 0.0379. The lowest BCUT2D eigenvalue weighted by Gasteiger charge is -2.36. The fourth-order valence-corrected chi connectivity index (χ4v) is 4.31. The first kappa shape index (κ1) is 25.5. The van der Waals surface area contributed by atoms with Crippen LogP contribution >= 0.6 is 11.6 Å². The normalized spacial score (nSPS) is 14.5. The van der Waals surface area contributed by atoms with Gasteiger partial charge in [0.25, 0.3) is 11.8 Å². The van der Waals surface area contributed by atoms with Gasteiger partial charge >= 0.3 is 0 Å². The molecule has 4 rings (SSSR count). The van der Waals surface area contributed by atoms with Crippen molar-refractivity contribution < 1.29 is 19.4 Å². The number of nitrogens with one attached hydrogen (secondary N) is 1. The molecule has 0 aromatic heterocycles. The molecule has 0 saturated carbocycles. The molecule has 3 aromatic carbocycles. The van der Waals surface area contributed by atoms with Crippen LogP contribution in [-0.4, -0.2) is 71.8 Å². The fraction of sp³-hybridized carbons (Fsp3) is 0.296. The van der Waals surface area contributed by atoms with Crippen LogP contribution in [-0.2, 0) is 4.79 Å². The molecule has 0 radical (unpaired) electrons. The van der Waals surface area contributed by atoms with Crippen molar-refractivity contribution in [3.05, 3.63) is 70.7 Å². The number of fused-ring (bicyclic) bond motifs is 1. The highest BCUT2D eigenvalue weighted by Crippen LogP contribution is 2.28. The highest BCUT2D eigenvalue weighted by Gasteiger charge is 2.22. The first-order valence-corrected chi connectivity index (χ1v) is 12.2. The van der Waals surface area contributed by atoms with Gasteiger partial charge in [-0.1, -0.05) is 35.9 Å². The number of hydrogen-bond donors (Lipinski definition) is 2. The van der Waals surface area contributed by atoms with Crippen molar-refractivity contribution in [1.29, 1.82) is 0 Å². The number of nitrogens with zero attached hydrogens (tertiary/aromatic N) is 3. The Kier molecular flexibility index (Phi) is 8.07. The molecule has 1 heterocycles. The van der Waals surface area contributed by atoms with Gasteiger partial charge < -0.3 is 14.7 Å². The summed E-state index contributed by atoms with van der Waals surface area (Å²) < 4.78 is 5.93. The van der Waals surface area contributed by atoms with Crippen molar-refractivity contribution in [3.63, 3.8) is 0 Å². The van der Waals surface area contributed by atoms with Crippen molar-refractivity contribution in [2.75, 3.05) is 32.8 Å². The maximum Gasteiger partial charge on any atom is 0.271 e. The molecule has 0 atom stereocenters. The van der Waals surface area contributed by atoms with Crippen LogP contribution in [0, 0.1) is 0 Å². The van der Waals surface area contributed by atoms with Crippen molar-refractivity contribution >= 4 is 40.4 Å². The van der Waals surface area contributed by atoms with Crippen LogP contribution in [0.2, 0.25) is 5.02 Å². The number of benzene rings is 3. The first-order chi connectivity index (χ1) is 17.3. The Hall–Kier alpha value is -3.62. The molecule has 0 unspecified atom stereocenters. The molecule has 188 valence electrons. The summed E-state index contributed by atoms with van der Waals surface area (Å²) in [6.45, 7) is 7.47. The van der Waals surface area contributed by atoms with E-state index >= 15 is 0 Å². The largest absolute Gasteiger partial charge is 0.506 e. The molecule has 8 nitrogen and oxygen atoms in total. The van der Waals surface area contributed by atoms with E-state index in [1.165, 1.54) is 18.2 Å². The van der Waals surface area contributed by atoms with Crippen LogP contribution in [0.15, 0.2) is 59.7 Å². The van der Waals surface area contributed by atoms with E-state index in [4.69, 9.17) is 16.3 Å². The summed E-state index contributed by atoms with van der Waals surface area (Å²) in [6, 6.07) is 15.9. The Balaban J connectivity index is 1.41. The van der Waals surface area contributed by atoms with Gasteiger partial charge in [-0.25, -0.2) is 5.43 Å². The van der Waals surface area contributed by atoms with Gasteiger partial charge in [0.2, 0.25) is 0 Å². The smallest absolute Gasteiger partial charge is 0.271 e. The minimum absolute atomic E-state index is 0.0230. The van der Waals surface area contributed by atoms with E-state index < -0.39 is 5.91 Å². The molecule has 3 aromatic rings. The highest BCUT2D eigenvalue weighted by atomic mass is 35.5. The zero-order valence-electron chi connectivity index (χ0n) is 20.3. The molecule has 1 fully saturated rings. The Morgan fingerprint density at radius 3 is 2.50 bits per heavy atom. The molecular weight excluding hydrogens is 480 g/mol. The third-order valence-corrected chi connectivity index (χ3v) is 6.55. The fourth-order valence-electron chi connectivity index (χ4n) is 4.12. The summed E-state index contributed by atoms with van der Waals surface area (Å²) >= 11 is 5.87. The maximum atomic E-state index is 12.7. The molecule has 2 N–H and O–H groups in total. The molecule has 1 aliphatic heterocycles. The predicted molar refractivity (Wildman–Crippen MR) is 141 cm³/mol. The lowest BCUT2D eigenvalue weighted by Crippen LogP contribution is -2.51. The van der Waals surface area contributed by atoms with Gasteiger partial charge in [-0.3, -0.25) is 14.5 Å². The minimum atomic E-state index is -0.454. The monoisotopic (exact) mass is 508 g/mol. The Labute approximate surface area is 215 Å². The Morgan fingerprint density at radius 2 is 1.81 bits per heavy atom. The minimum Gasteiger partial charge on any atom is -0.506 e. The van der Waals surface area contributed by atoms with Crippen LogP contribution in [0.4, 0.5) is 0 Å². The molecule has 2 amide bonds. The number of carbonyl (C=O) groups is 2. The van der Waals surface area contributed by atoms with Crippen molar-refractivity contribution in [2.24, 2.45) is 5.10 Å². The summed E-state index contributed by atoms with van der Waals surface area (Å²) in [5, 5.41) is 15.4. The number of carbonyl (C=O) groups excluding carboxylic acids is 2. The first-order valence-electron chi connectivity index (χ1n) is 11.8. The van der Waals surface area contributed by atoms with Gasteiger partial charge in [0.05, 0.1) is 11.2 Å². The average molecular weight is 509 g/mol. The van der Waals surface area contributed by atoms with Gasteiger partial charge in [-0.15, -0.1) is 0 Å². The predicted octanol–water partition coefficient (Wildman–Crippen LogP) is 3.89. The molecular formula is C27H29ClN4O4. The van der Waals surface area contributed by atoms with Gasteiger partial charge in [-0.05, 0) is 49.6 Å². The number of hydrogen-bond acceptors (Lipinski definition) is 6. The van der Waals surface area contributed by atoms with E-state index in [0.717, 1.165) is 29.4 Å². The number of piperazine rings is 1. The lowest BCUT2D eigenvalue weighted by atomic mass is 10.0. The van der Waals surface area contributed by atoms with Crippen LogP contribution in [0.1, 0.15) is 29.8 Å². The Bertz CT molecular complexity index is 1290. The van der Waals surface area contributed by atoms with E-state index in [-0.39, 0.29) is 28.8 Å². The van der Waals surface area contributed by atoms with Gasteiger partial charge in [0.1, 0.15) is 11.5 Å².